The Morgan fingerprint density at radius 2 is 1.89 bits per heavy atom. The summed E-state index contributed by atoms with van der Waals surface area (Å²) in [5, 5.41) is 26.2. The number of hydrogen-bond donors (Lipinski definition) is 3. The summed E-state index contributed by atoms with van der Waals surface area (Å²) in [5.74, 6) is -0.0532. The largest absolute Gasteiger partial charge is 0.481 e. The van der Waals surface area contributed by atoms with Gasteiger partial charge < -0.3 is 15.4 Å². The summed E-state index contributed by atoms with van der Waals surface area (Å²) in [4.78, 5) is 19.3. The number of carboxylic acids is 1. The van der Waals surface area contributed by atoms with E-state index < -0.39 is 5.97 Å². The lowest BCUT2D eigenvalue weighted by atomic mass is 10.1. The molecule has 0 aliphatic heterocycles. The van der Waals surface area contributed by atoms with Crippen LogP contribution in [0.5, 0.6) is 0 Å². The molecule has 3 N–H and O–H groups in total. The highest BCUT2D eigenvalue weighted by atomic mass is 16.4. The van der Waals surface area contributed by atoms with E-state index in [2.05, 4.69) is 16.4 Å². The molecule has 8 nitrogen and oxygen atoms in total. The molecule has 36 heavy (non-hydrogen) atoms. The van der Waals surface area contributed by atoms with Crippen molar-refractivity contribution >= 4 is 22.7 Å². The van der Waals surface area contributed by atoms with Crippen LogP contribution in [0, 0.1) is 18.3 Å². The molecule has 2 aromatic heterocycles. The van der Waals surface area contributed by atoms with Crippen molar-refractivity contribution in [3.63, 3.8) is 0 Å². The second-order valence-electron chi connectivity index (χ2n) is 8.52. The van der Waals surface area contributed by atoms with Crippen LogP contribution in [-0.4, -0.2) is 30.8 Å². The summed E-state index contributed by atoms with van der Waals surface area (Å²) < 4.78 is 1.88. The number of anilines is 1. The zero-order chi connectivity index (χ0) is 25.1. The molecular formula is C28H24N6O2. The first-order valence-electron chi connectivity index (χ1n) is 11.6. The normalized spacial score (nSPS) is 10.9. The molecule has 0 amide bonds. The molecule has 2 heterocycles. The molecule has 0 unspecified atom stereocenters. The van der Waals surface area contributed by atoms with Crippen LogP contribution in [0.15, 0.2) is 72.8 Å². The number of nitrogens with one attached hydrogen (secondary N) is 2. The van der Waals surface area contributed by atoms with Crippen LogP contribution < -0.4 is 5.32 Å². The fraction of sp³-hybridized carbons (Fsp3) is 0.143. The third-order valence-electron chi connectivity index (χ3n) is 6.05. The Bertz CT molecular complexity index is 1580. The van der Waals surface area contributed by atoms with E-state index in [1.807, 2.05) is 72.3 Å². The van der Waals surface area contributed by atoms with E-state index in [1.54, 1.807) is 12.1 Å². The van der Waals surface area contributed by atoms with E-state index in [9.17, 15) is 4.79 Å². The van der Waals surface area contributed by atoms with Gasteiger partial charge in [-0.05, 0) is 49.4 Å². The van der Waals surface area contributed by atoms with Crippen LogP contribution in [0.3, 0.4) is 0 Å². The van der Waals surface area contributed by atoms with E-state index in [1.165, 1.54) is 0 Å². The Morgan fingerprint density at radius 3 is 2.61 bits per heavy atom. The fourth-order valence-electron chi connectivity index (χ4n) is 4.20. The number of H-pyrrole nitrogens is 1. The van der Waals surface area contributed by atoms with Crippen LogP contribution in [0.1, 0.15) is 29.1 Å². The molecule has 0 saturated carbocycles. The van der Waals surface area contributed by atoms with Gasteiger partial charge in [0.15, 0.2) is 0 Å². The number of hydrogen-bond acceptors (Lipinski definition) is 5. The van der Waals surface area contributed by atoms with Gasteiger partial charge in [0.2, 0.25) is 0 Å². The van der Waals surface area contributed by atoms with Crippen molar-refractivity contribution in [3.8, 4) is 23.0 Å². The molecule has 178 valence electrons. The molecule has 0 aliphatic carbocycles. The molecule has 5 rings (SSSR count). The highest BCUT2D eigenvalue weighted by Crippen LogP contribution is 2.29. The van der Waals surface area contributed by atoms with Gasteiger partial charge in [0.05, 0.1) is 52.7 Å². The maximum absolute atomic E-state index is 11.1. The zero-order valence-corrected chi connectivity index (χ0v) is 19.7. The second-order valence-corrected chi connectivity index (χ2v) is 8.52. The number of imidazole rings is 1. The quantitative estimate of drug-likeness (QED) is 0.282. The van der Waals surface area contributed by atoms with Crippen molar-refractivity contribution in [2.45, 2.75) is 26.3 Å². The van der Waals surface area contributed by atoms with E-state index in [0.29, 0.717) is 18.5 Å². The maximum Gasteiger partial charge on any atom is 0.303 e. The highest BCUT2D eigenvalue weighted by molar-refractivity contribution is 5.83. The number of benzene rings is 3. The summed E-state index contributed by atoms with van der Waals surface area (Å²) in [5.41, 5.74) is 7.79. The Morgan fingerprint density at radius 1 is 1.11 bits per heavy atom. The Kier molecular flexibility index (Phi) is 6.20. The molecule has 0 aliphatic rings. The Hall–Kier alpha value is -4.90. The smallest absolute Gasteiger partial charge is 0.303 e. The van der Waals surface area contributed by atoms with Crippen LogP contribution in [-0.2, 0) is 17.8 Å². The summed E-state index contributed by atoms with van der Waals surface area (Å²) in [6.07, 6.45) is 0.384. The van der Waals surface area contributed by atoms with Crippen LogP contribution >= 0.6 is 0 Å². The van der Waals surface area contributed by atoms with E-state index in [4.69, 9.17) is 20.5 Å². The number of carboxylic acid groups (broad SMARTS) is 1. The van der Waals surface area contributed by atoms with Gasteiger partial charge >= 0.3 is 5.97 Å². The molecule has 5 aromatic rings. The lowest BCUT2D eigenvalue weighted by Crippen LogP contribution is -2.03. The number of nitriles is 1. The Labute approximate surface area is 207 Å². The monoisotopic (exact) mass is 476 g/mol. The summed E-state index contributed by atoms with van der Waals surface area (Å²) in [6, 6.07) is 25.3. The van der Waals surface area contributed by atoms with Crippen molar-refractivity contribution in [1.29, 1.82) is 5.26 Å². The van der Waals surface area contributed by atoms with Crippen molar-refractivity contribution in [2.24, 2.45) is 0 Å². The van der Waals surface area contributed by atoms with Gasteiger partial charge in [-0.25, -0.2) is 9.67 Å². The number of aliphatic carboxylic acids is 1. The van der Waals surface area contributed by atoms with Crippen molar-refractivity contribution in [2.75, 3.05) is 5.32 Å². The zero-order valence-electron chi connectivity index (χ0n) is 19.7. The first-order valence-corrected chi connectivity index (χ1v) is 11.6. The molecule has 0 radical (unpaired) electrons. The van der Waals surface area contributed by atoms with Crippen LogP contribution in [0.4, 0.5) is 5.69 Å². The number of nitrogens with zero attached hydrogens (tertiary/aromatic N) is 4. The average molecular weight is 477 g/mol. The predicted molar refractivity (Wildman–Crippen MR) is 138 cm³/mol. The molecule has 8 heteroatoms. The third-order valence-corrected chi connectivity index (χ3v) is 6.05. The fourth-order valence-corrected chi connectivity index (χ4v) is 4.20. The van der Waals surface area contributed by atoms with Gasteiger partial charge in [-0.2, -0.15) is 10.4 Å². The molecule has 0 atom stereocenters. The van der Waals surface area contributed by atoms with E-state index in [0.717, 1.165) is 50.7 Å². The van der Waals surface area contributed by atoms with Gasteiger partial charge in [-0.1, -0.05) is 30.3 Å². The molecule has 0 spiro atoms. The lowest BCUT2D eigenvalue weighted by Gasteiger charge is -2.11. The number of aromatic amines is 1. The van der Waals surface area contributed by atoms with Gasteiger partial charge in [0, 0.05) is 23.2 Å². The highest BCUT2D eigenvalue weighted by Gasteiger charge is 2.17. The number of rotatable bonds is 8. The number of aryl methyl sites for hydroxylation is 2. The first-order chi connectivity index (χ1) is 17.5. The lowest BCUT2D eigenvalue weighted by molar-refractivity contribution is -0.136. The van der Waals surface area contributed by atoms with Gasteiger partial charge in [-0.15, -0.1) is 0 Å². The molecule has 0 fully saturated rings. The number of carbonyl (C=O) groups is 1. The SMILES string of the molecule is Cc1c(-n2nc(CCC(=O)O)cc2-c2ccccc2)ccc2[nH]c(CNc3ccc(C#N)cc3)nc12. The summed E-state index contributed by atoms with van der Waals surface area (Å²) in [7, 11) is 0. The predicted octanol–water partition coefficient (Wildman–Crippen LogP) is 5.23. The van der Waals surface area contributed by atoms with E-state index in [-0.39, 0.29) is 6.42 Å². The topological polar surface area (TPSA) is 120 Å². The third kappa shape index (κ3) is 4.68. The summed E-state index contributed by atoms with van der Waals surface area (Å²) in [6.45, 7) is 2.52. The van der Waals surface area contributed by atoms with E-state index >= 15 is 0 Å². The van der Waals surface area contributed by atoms with Crippen molar-refractivity contribution in [3.05, 3.63) is 95.4 Å². The second kappa shape index (κ2) is 9.76. The maximum atomic E-state index is 11.1. The molecule has 0 saturated heterocycles. The van der Waals surface area contributed by atoms with Crippen molar-refractivity contribution < 1.29 is 9.90 Å². The summed E-state index contributed by atoms with van der Waals surface area (Å²) >= 11 is 0. The Balaban J connectivity index is 1.48. The van der Waals surface area contributed by atoms with Gasteiger partial charge in [0.25, 0.3) is 0 Å². The first kappa shape index (κ1) is 22.9. The van der Waals surface area contributed by atoms with Crippen LogP contribution in [0.2, 0.25) is 0 Å². The molecule has 3 aromatic carbocycles. The number of aromatic nitrogens is 4. The molecule has 0 bridgehead atoms. The van der Waals surface area contributed by atoms with Crippen LogP contribution in [0.25, 0.3) is 28.0 Å². The average Bonchev–Trinajstić information content (AvgIpc) is 3.52. The number of fused-ring (bicyclic) bond motifs is 1. The minimum absolute atomic E-state index is 0.0260. The van der Waals surface area contributed by atoms with Crippen molar-refractivity contribution in [1.82, 2.24) is 19.7 Å². The molecular weight excluding hydrogens is 452 g/mol. The standard InChI is InChI=1S/C28H24N6O2/c1-18-24(34-25(20-5-3-2-4-6-20)15-22(33-34)11-14-27(35)36)13-12-23-28(18)32-26(31-23)17-30-21-9-7-19(16-29)8-10-21/h2-10,12-13,15,30H,11,14,17H2,1H3,(H,31,32)(H,35,36). The van der Waals surface area contributed by atoms with Gasteiger partial charge in [0.1, 0.15) is 5.82 Å². The minimum Gasteiger partial charge on any atom is -0.481 e. The minimum atomic E-state index is -0.845. The van der Waals surface area contributed by atoms with Gasteiger partial charge in [-0.3, -0.25) is 4.79 Å².